The predicted molar refractivity (Wildman–Crippen MR) is 125 cm³/mol. The van der Waals surface area contributed by atoms with Crippen molar-refractivity contribution in [2.45, 2.75) is 38.6 Å². The van der Waals surface area contributed by atoms with Gasteiger partial charge in [0, 0.05) is 21.2 Å². The van der Waals surface area contributed by atoms with Crippen LogP contribution in [-0.4, -0.2) is 35.0 Å². The number of esters is 1. The molecule has 1 atom stereocenters. The zero-order chi connectivity index (χ0) is 23.7. The van der Waals surface area contributed by atoms with E-state index in [1.165, 1.54) is 30.6 Å². The highest BCUT2D eigenvalue weighted by Crippen LogP contribution is 2.41. The molecule has 1 aliphatic heterocycles. The average Bonchev–Trinajstić information content (AvgIpc) is 3.24. The molecule has 2 heterocycles. The minimum Gasteiger partial charge on any atom is -0.478 e. The molecule has 0 bridgehead atoms. The van der Waals surface area contributed by atoms with Crippen molar-refractivity contribution in [1.82, 2.24) is 10.3 Å². The summed E-state index contributed by atoms with van der Waals surface area (Å²) < 4.78 is 19.1. The lowest BCUT2D eigenvalue weighted by Crippen LogP contribution is -2.38. The van der Waals surface area contributed by atoms with Gasteiger partial charge in [0.25, 0.3) is 0 Å². The number of aliphatic imine (C=N–C) groups is 1. The molecule has 7 nitrogen and oxygen atoms in total. The number of rotatable bonds is 5. The van der Waals surface area contributed by atoms with E-state index in [4.69, 9.17) is 9.73 Å². The summed E-state index contributed by atoms with van der Waals surface area (Å²) in [5, 5.41) is 16.0. The molecular formula is C23H23BrFN3O4S. The fourth-order valence-corrected chi connectivity index (χ4v) is 5.74. The van der Waals surface area contributed by atoms with Crippen LogP contribution < -0.4 is 5.32 Å². The molecule has 1 aromatic carbocycles. The summed E-state index contributed by atoms with van der Waals surface area (Å²) in [4.78, 5) is 33.7. The van der Waals surface area contributed by atoms with Gasteiger partial charge in [0.2, 0.25) is 0 Å². The second-order valence-electron chi connectivity index (χ2n) is 8.17. The molecule has 1 fully saturated rings. The van der Waals surface area contributed by atoms with Gasteiger partial charge in [-0.05, 0) is 56.2 Å². The number of carboxylic acids is 1. The number of amidine groups is 1. The van der Waals surface area contributed by atoms with Gasteiger partial charge in [0.15, 0.2) is 10.8 Å². The third-order valence-corrected chi connectivity index (χ3v) is 7.71. The van der Waals surface area contributed by atoms with Gasteiger partial charge in [0.1, 0.15) is 11.9 Å². The van der Waals surface area contributed by atoms with Gasteiger partial charge in [-0.15, -0.1) is 11.3 Å². The molecule has 0 amide bonds. The normalized spacial score (nSPS) is 23.0. The number of carbonyl (C=O) groups excluding carboxylic acids is 1. The minimum atomic E-state index is -1.09. The maximum Gasteiger partial charge on any atom is 0.335 e. The first-order chi connectivity index (χ1) is 15.8. The lowest BCUT2D eigenvalue weighted by atomic mass is 9.78. The quantitative estimate of drug-likeness (QED) is 0.535. The lowest BCUT2D eigenvalue weighted by Gasteiger charge is -2.34. The van der Waals surface area contributed by atoms with E-state index in [0.717, 1.165) is 5.69 Å². The number of methoxy groups -OCH3 is 1. The Morgan fingerprint density at radius 1 is 1.27 bits per heavy atom. The summed E-state index contributed by atoms with van der Waals surface area (Å²) in [6, 6.07) is 3.32. The van der Waals surface area contributed by atoms with Crippen molar-refractivity contribution in [2.75, 3.05) is 7.11 Å². The lowest BCUT2D eigenvalue weighted by molar-refractivity contribution is -0.146. The van der Waals surface area contributed by atoms with Gasteiger partial charge in [-0.2, -0.15) is 0 Å². The van der Waals surface area contributed by atoms with Crippen molar-refractivity contribution >= 4 is 45.0 Å². The largest absolute Gasteiger partial charge is 0.478 e. The maximum absolute atomic E-state index is 13.8. The number of nitrogens with one attached hydrogen (secondary N) is 1. The van der Waals surface area contributed by atoms with Crippen LogP contribution in [0.4, 0.5) is 4.39 Å². The summed E-state index contributed by atoms with van der Waals surface area (Å²) in [6.45, 7) is 1.88. The molecule has 2 aromatic rings. The van der Waals surface area contributed by atoms with Gasteiger partial charge in [-0.25, -0.2) is 14.2 Å². The SMILES string of the molecule is COC(=O)C1CCC(C2=C(C(=O)O)C(c3ccc(F)cc3Br)N=C(c3nc(C)cs3)N2)CC1. The molecule has 10 heteroatoms. The standard InChI is InChI=1S/C23H23BrFN3O4S/c1-11-10-33-21(26-11)20-27-18(12-3-5-13(6-4-12)23(31)32-2)17(22(29)30)19(28-20)15-8-7-14(25)9-16(15)24/h7-10,12-13,19H,3-6H2,1-2H3,(H,27,28)(H,29,30). The number of allylic oxidation sites excluding steroid dienone is 1. The monoisotopic (exact) mass is 535 g/mol. The molecule has 1 saturated carbocycles. The number of hydrogen-bond donors (Lipinski definition) is 2. The van der Waals surface area contributed by atoms with Crippen molar-refractivity contribution in [1.29, 1.82) is 0 Å². The molecule has 1 aromatic heterocycles. The number of aliphatic carboxylic acids is 1. The second-order valence-corrected chi connectivity index (χ2v) is 9.88. The van der Waals surface area contributed by atoms with Crippen LogP contribution in [0.2, 0.25) is 0 Å². The Kier molecular flexibility index (Phi) is 6.94. The molecule has 1 unspecified atom stereocenters. The molecule has 2 N–H and O–H groups in total. The topological polar surface area (TPSA) is 101 Å². The number of nitrogens with zero attached hydrogens (tertiary/aromatic N) is 2. The van der Waals surface area contributed by atoms with E-state index in [2.05, 4.69) is 26.2 Å². The van der Waals surface area contributed by atoms with Crippen LogP contribution in [0.5, 0.6) is 0 Å². The molecule has 4 rings (SSSR count). The second kappa shape index (κ2) is 9.72. The fourth-order valence-electron chi connectivity index (χ4n) is 4.43. The Morgan fingerprint density at radius 2 is 2.00 bits per heavy atom. The highest BCUT2D eigenvalue weighted by Gasteiger charge is 2.38. The van der Waals surface area contributed by atoms with Crippen LogP contribution in [0, 0.1) is 24.6 Å². The van der Waals surface area contributed by atoms with Crippen molar-refractivity contribution < 1.29 is 23.8 Å². The van der Waals surface area contributed by atoms with E-state index in [0.29, 0.717) is 52.3 Å². The smallest absolute Gasteiger partial charge is 0.335 e. The number of ether oxygens (including phenoxy) is 1. The van der Waals surface area contributed by atoms with Gasteiger partial charge in [-0.3, -0.25) is 9.79 Å². The molecule has 0 saturated heterocycles. The Bertz CT molecular complexity index is 1150. The molecule has 2 aliphatic rings. The summed E-state index contributed by atoms with van der Waals surface area (Å²) in [6.07, 6.45) is 2.51. The fraction of sp³-hybridized carbons (Fsp3) is 0.391. The van der Waals surface area contributed by atoms with E-state index in [-0.39, 0.29) is 23.4 Å². The molecule has 0 radical (unpaired) electrons. The first kappa shape index (κ1) is 23.6. The first-order valence-electron chi connectivity index (χ1n) is 10.6. The number of hydrogen-bond acceptors (Lipinski definition) is 7. The molecular weight excluding hydrogens is 513 g/mol. The van der Waals surface area contributed by atoms with Crippen molar-refractivity contribution in [3.63, 3.8) is 0 Å². The highest BCUT2D eigenvalue weighted by atomic mass is 79.9. The number of benzene rings is 1. The van der Waals surface area contributed by atoms with Crippen LogP contribution in [0.25, 0.3) is 0 Å². The zero-order valence-corrected chi connectivity index (χ0v) is 20.5. The Hall–Kier alpha value is -2.59. The molecule has 174 valence electrons. The van der Waals surface area contributed by atoms with Gasteiger partial charge < -0.3 is 15.2 Å². The van der Waals surface area contributed by atoms with Crippen LogP contribution in [0.3, 0.4) is 0 Å². The van der Waals surface area contributed by atoms with Crippen molar-refractivity contribution in [2.24, 2.45) is 16.8 Å². The average molecular weight is 536 g/mol. The van der Waals surface area contributed by atoms with E-state index in [1.54, 1.807) is 6.07 Å². The highest BCUT2D eigenvalue weighted by molar-refractivity contribution is 9.10. The maximum atomic E-state index is 13.8. The predicted octanol–water partition coefficient (Wildman–Crippen LogP) is 4.76. The van der Waals surface area contributed by atoms with E-state index < -0.39 is 17.8 Å². The molecule has 1 aliphatic carbocycles. The number of halogens is 2. The summed E-state index contributed by atoms with van der Waals surface area (Å²) in [5.74, 6) is -1.53. The van der Waals surface area contributed by atoms with Crippen molar-refractivity contribution in [3.8, 4) is 0 Å². The Balaban J connectivity index is 1.78. The van der Waals surface area contributed by atoms with E-state index in [9.17, 15) is 19.1 Å². The third-order valence-electron chi connectivity index (χ3n) is 6.05. The van der Waals surface area contributed by atoms with Crippen LogP contribution in [-0.2, 0) is 14.3 Å². The minimum absolute atomic E-state index is 0.0923. The van der Waals surface area contributed by atoms with Crippen LogP contribution in [0.1, 0.15) is 48.0 Å². The summed E-state index contributed by atoms with van der Waals surface area (Å²) in [5.41, 5.74) is 2.10. The Labute approximate surface area is 202 Å². The van der Waals surface area contributed by atoms with Gasteiger partial charge in [0.05, 0.1) is 18.6 Å². The number of carbonyl (C=O) groups is 2. The molecule has 0 spiro atoms. The van der Waals surface area contributed by atoms with E-state index >= 15 is 0 Å². The molecule has 33 heavy (non-hydrogen) atoms. The summed E-state index contributed by atoms with van der Waals surface area (Å²) >= 11 is 4.80. The third kappa shape index (κ3) is 4.86. The number of aromatic nitrogens is 1. The number of thiazole rings is 1. The number of aryl methyl sites for hydroxylation is 1. The Morgan fingerprint density at radius 3 is 2.58 bits per heavy atom. The van der Waals surface area contributed by atoms with E-state index in [1.807, 2.05) is 12.3 Å². The van der Waals surface area contributed by atoms with Crippen LogP contribution in [0.15, 0.2) is 44.3 Å². The van der Waals surface area contributed by atoms with Gasteiger partial charge in [-0.1, -0.05) is 22.0 Å². The number of carboxylic acid groups (broad SMARTS) is 1. The van der Waals surface area contributed by atoms with Crippen molar-refractivity contribution in [3.05, 3.63) is 61.4 Å². The first-order valence-corrected chi connectivity index (χ1v) is 12.2. The zero-order valence-electron chi connectivity index (χ0n) is 18.1. The summed E-state index contributed by atoms with van der Waals surface area (Å²) in [7, 11) is 1.38. The van der Waals surface area contributed by atoms with Gasteiger partial charge >= 0.3 is 11.9 Å². The van der Waals surface area contributed by atoms with Crippen LogP contribution >= 0.6 is 27.3 Å².